The summed E-state index contributed by atoms with van der Waals surface area (Å²) in [5, 5.41) is 10.2. The van der Waals surface area contributed by atoms with Crippen molar-refractivity contribution in [2.24, 2.45) is 40.4 Å². The van der Waals surface area contributed by atoms with Crippen molar-refractivity contribution < 1.29 is 9.90 Å². The van der Waals surface area contributed by atoms with Crippen LogP contribution in [0.15, 0.2) is 12.2 Å². The van der Waals surface area contributed by atoms with Crippen molar-refractivity contribution in [3.63, 3.8) is 0 Å². The zero-order chi connectivity index (χ0) is 17.1. The van der Waals surface area contributed by atoms with Gasteiger partial charge >= 0.3 is 0 Å². The molecule has 0 bridgehead atoms. The first-order chi connectivity index (χ1) is 11.4. The molecule has 8 atom stereocenters. The quantitative estimate of drug-likeness (QED) is 0.741. The summed E-state index contributed by atoms with van der Waals surface area (Å²) in [5.41, 5.74) is 0.640. The number of carbonyl (C=O) groups excluding carboxylic acids is 1. The van der Waals surface area contributed by atoms with Gasteiger partial charge in [-0.3, -0.25) is 4.79 Å². The van der Waals surface area contributed by atoms with Gasteiger partial charge in [-0.2, -0.15) is 0 Å². The monoisotopic (exact) mass is 330 g/mol. The lowest BCUT2D eigenvalue weighted by molar-refractivity contribution is -0.128. The molecule has 0 saturated heterocycles. The summed E-state index contributed by atoms with van der Waals surface area (Å²) in [5.74, 6) is 3.41. The predicted molar refractivity (Wildman–Crippen MR) is 96.4 cm³/mol. The lowest BCUT2D eigenvalue weighted by Gasteiger charge is -2.59. The van der Waals surface area contributed by atoms with Crippen LogP contribution in [0.2, 0.25) is 0 Å². The van der Waals surface area contributed by atoms with Crippen LogP contribution in [0, 0.1) is 40.4 Å². The maximum Gasteiger partial charge on any atom is 0.133 e. The van der Waals surface area contributed by atoms with Crippen molar-refractivity contribution in [1.29, 1.82) is 0 Å². The number of ketones is 1. The minimum Gasteiger partial charge on any atom is -0.393 e. The van der Waals surface area contributed by atoms with Gasteiger partial charge in [0.2, 0.25) is 0 Å². The van der Waals surface area contributed by atoms with Gasteiger partial charge in [-0.05, 0) is 92.8 Å². The Bertz CT molecular complexity index is 552. The number of carbonyl (C=O) groups is 1. The van der Waals surface area contributed by atoms with Crippen LogP contribution < -0.4 is 0 Å². The van der Waals surface area contributed by atoms with E-state index in [4.69, 9.17) is 0 Å². The molecule has 3 fully saturated rings. The Kier molecular flexibility index (Phi) is 3.99. The van der Waals surface area contributed by atoms with Crippen molar-refractivity contribution in [1.82, 2.24) is 0 Å². The molecule has 4 rings (SSSR count). The number of hydrogen-bond donors (Lipinski definition) is 1. The summed E-state index contributed by atoms with van der Waals surface area (Å²) < 4.78 is 0. The Balaban J connectivity index is 1.69. The van der Waals surface area contributed by atoms with Crippen LogP contribution in [0.25, 0.3) is 0 Å². The average molecular weight is 331 g/mol. The molecule has 0 aromatic rings. The fraction of sp³-hybridized carbons (Fsp3) is 0.864. The van der Waals surface area contributed by atoms with E-state index < -0.39 is 0 Å². The first-order valence-corrected chi connectivity index (χ1v) is 10.3. The van der Waals surface area contributed by atoms with Crippen LogP contribution in [0.3, 0.4) is 0 Å². The smallest absolute Gasteiger partial charge is 0.133 e. The molecule has 0 aliphatic heterocycles. The first kappa shape index (κ1) is 16.8. The Morgan fingerprint density at radius 2 is 1.92 bits per heavy atom. The standard InChI is InChI=1S/C22H34O2/c1-4-22-12-9-16(24)13-15(22)5-6-17-19-8-7-18(14(2)23)21(19,3)11-10-20(17)22/h5-6,15-20,24H,4,7-13H2,1-3H3/t15?,16-,17-,18+,19-,20-,21+,22-/m0/s1. The van der Waals surface area contributed by atoms with Gasteiger partial charge in [0.05, 0.1) is 6.10 Å². The lowest BCUT2D eigenvalue weighted by atomic mass is 9.45. The van der Waals surface area contributed by atoms with Crippen LogP contribution in [-0.4, -0.2) is 17.0 Å². The van der Waals surface area contributed by atoms with Crippen molar-refractivity contribution >= 4 is 5.78 Å². The summed E-state index contributed by atoms with van der Waals surface area (Å²) in [4.78, 5) is 12.2. The molecule has 0 amide bonds. The molecule has 0 heterocycles. The molecule has 1 N–H and O–H groups in total. The number of hydrogen-bond acceptors (Lipinski definition) is 2. The second kappa shape index (κ2) is 5.69. The molecule has 0 radical (unpaired) electrons. The van der Waals surface area contributed by atoms with Gasteiger partial charge in [-0.25, -0.2) is 0 Å². The third-order valence-corrected chi connectivity index (χ3v) is 8.99. The van der Waals surface area contributed by atoms with Gasteiger partial charge in [0.15, 0.2) is 0 Å². The Hall–Kier alpha value is -0.630. The van der Waals surface area contributed by atoms with Crippen molar-refractivity contribution in [2.45, 2.75) is 78.2 Å². The van der Waals surface area contributed by atoms with Crippen molar-refractivity contribution in [2.75, 3.05) is 0 Å². The lowest BCUT2D eigenvalue weighted by Crippen LogP contribution is -2.53. The van der Waals surface area contributed by atoms with E-state index in [1.807, 2.05) is 6.92 Å². The van der Waals surface area contributed by atoms with Gasteiger partial charge in [0, 0.05) is 5.92 Å². The second-order valence-electron chi connectivity index (χ2n) is 9.58. The van der Waals surface area contributed by atoms with E-state index in [2.05, 4.69) is 26.0 Å². The van der Waals surface area contributed by atoms with Gasteiger partial charge in [0.25, 0.3) is 0 Å². The first-order valence-electron chi connectivity index (χ1n) is 10.3. The van der Waals surface area contributed by atoms with Crippen LogP contribution >= 0.6 is 0 Å². The van der Waals surface area contributed by atoms with E-state index in [0.717, 1.165) is 25.2 Å². The molecular weight excluding hydrogens is 296 g/mol. The van der Waals surface area contributed by atoms with Crippen molar-refractivity contribution in [3.05, 3.63) is 12.2 Å². The summed E-state index contributed by atoms with van der Waals surface area (Å²) in [6.45, 7) is 6.60. The number of Topliss-reactive ketones (excluding diaryl/α,β-unsaturated/α-hetero) is 1. The number of aliphatic hydroxyl groups is 1. The highest BCUT2D eigenvalue weighted by Crippen LogP contribution is 2.66. The van der Waals surface area contributed by atoms with Gasteiger partial charge in [-0.15, -0.1) is 0 Å². The Labute approximate surface area is 147 Å². The van der Waals surface area contributed by atoms with Gasteiger partial charge in [-0.1, -0.05) is 26.0 Å². The number of fused-ring (bicyclic) bond motifs is 5. The van der Waals surface area contributed by atoms with Gasteiger partial charge < -0.3 is 5.11 Å². The number of allylic oxidation sites excluding steroid dienone is 2. The minimum atomic E-state index is -0.0988. The van der Waals surface area contributed by atoms with Crippen LogP contribution in [-0.2, 0) is 4.79 Å². The highest BCUT2D eigenvalue weighted by atomic mass is 16.3. The van der Waals surface area contributed by atoms with Crippen LogP contribution in [0.5, 0.6) is 0 Å². The minimum absolute atomic E-state index is 0.0988. The van der Waals surface area contributed by atoms with E-state index in [1.54, 1.807) is 0 Å². The third kappa shape index (κ3) is 2.14. The Morgan fingerprint density at radius 3 is 2.62 bits per heavy atom. The summed E-state index contributed by atoms with van der Waals surface area (Å²) >= 11 is 0. The van der Waals surface area contributed by atoms with E-state index in [0.29, 0.717) is 34.9 Å². The number of aliphatic hydroxyl groups excluding tert-OH is 1. The van der Waals surface area contributed by atoms with Crippen molar-refractivity contribution in [3.8, 4) is 0 Å². The highest BCUT2D eigenvalue weighted by molar-refractivity contribution is 5.79. The fourth-order valence-corrected chi connectivity index (χ4v) is 7.76. The van der Waals surface area contributed by atoms with Crippen LogP contribution in [0.1, 0.15) is 72.1 Å². The fourth-order valence-electron chi connectivity index (χ4n) is 7.76. The molecule has 0 aromatic heterocycles. The van der Waals surface area contributed by atoms with E-state index in [9.17, 15) is 9.90 Å². The Morgan fingerprint density at radius 1 is 1.12 bits per heavy atom. The summed E-state index contributed by atoms with van der Waals surface area (Å²) in [7, 11) is 0. The molecule has 0 aromatic carbocycles. The van der Waals surface area contributed by atoms with E-state index in [-0.39, 0.29) is 11.5 Å². The molecule has 4 aliphatic carbocycles. The maximum absolute atomic E-state index is 12.2. The third-order valence-electron chi connectivity index (χ3n) is 8.99. The predicted octanol–water partition coefficient (Wildman–Crippen LogP) is 4.76. The second-order valence-corrected chi connectivity index (χ2v) is 9.58. The van der Waals surface area contributed by atoms with Gasteiger partial charge in [0.1, 0.15) is 5.78 Å². The molecule has 0 spiro atoms. The molecule has 2 heteroatoms. The number of rotatable bonds is 2. The molecule has 3 saturated carbocycles. The summed E-state index contributed by atoms with van der Waals surface area (Å²) in [6, 6.07) is 0. The maximum atomic E-state index is 12.2. The normalized spacial score (nSPS) is 53.2. The summed E-state index contributed by atoms with van der Waals surface area (Å²) in [6.07, 6.45) is 14.1. The molecular formula is C22H34O2. The molecule has 2 nitrogen and oxygen atoms in total. The average Bonchev–Trinajstić information content (AvgIpc) is 2.91. The largest absolute Gasteiger partial charge is 0.393 e. The highest BCUT2D eigenvalue weighted by Gasteiger charge is 2.60. The zero-order valence-electron chi connectivity index (χ0n) is 15.6. The molecule has 134 valence electrons. The van der Waals surface area contributed by atoms with Crippen LogP contribution in [0.4, 0.5) is 0 Å². The zero-order valence-corrected chi connectivity index (χ0v) is 15.6. The topological polar surface area (TPSA) is 37.3 Å². The SMILES string of the molecule is CC[C@]12CC[C@H](O)CC1C=C[C@@H]1[C@@H]2CC[C@]2(C)[C@@H](C(C)=O)CC[C@@H]12. The molecule has 4 aliphatic rings. The molecule has 1 unspecified atom stereocenters. The van der Waals surface area contributed by atoms with E-state index in [1.165, 1.54) is 32.1 Å². The molecule has 24 heavy (non-hydrogen) atoms. The van der Waals surface area contributed by atoms with E-state index >= 15 is 0 Å².